The van der Waals surface area contributed by atoms with E-state index in [9.17, 15) is 4.79 Å². The van der Waals surface area contributed by atoms with Crippen molar-refractivity contribution in [2.45, 2.75) is 12.3 Å². The van der Waals surface area contributed by atoms with E-state index in [1.165, 1.54) is 0 Å². The molecule has 0 unspecified atom stereocenters. The molecule has 84 valence electrons. The predicted octanol–water partition coefficient (Wildman–Crippen LogP) is 1.19. The van der Waals surface area contributed by atoms with Gasteiger partial charge in [0.2, 0.25) is 6.79 Å². The molecule has 0 saturated carbocycles. The molecule has 0 radical (unpaired) electrons. The van der Waals surface area contributed by atoms with Gasteiger partial charge in [-0.05, 0) is 30.2 Å². The Labute approximate surface area is 93.1 Å². The van der Waals surface area contributed by atoms with Crippen LogP contribution in [0.15, 0.2) is 12.1 Å². The van der Waals surface area contributed by atoms with Gasteiger partial charge in [0.15, 0.2) is 11.5 Å². The molecule has 1 fully saturated rings. The molecule has 0 amide bonds. The maximum Gasteiger partial charge on any atom is 0.231 e. The molecule has 4 heteroatoms. The summed E-state index contributed by atoms with van der Waals surface area (Å²) in [5.41, 5.74) is 1.54. The Balaban J connectivity index is 2.10. The molecule has 0 aromatic heterocycles. The van der Waals surface area contributed by atoms with Gasteiger partial charge in [0.1, 0.15) is 6.29 Å². The number of ether oxygens (including phenoxy) is 3. The fraction of sp³-hybridized carbons (Fsp3) is 0.417. The molecule has 1 aromatic rings. The summed E-state index contributed by atoms with van der Waals surface area (Å²) < 4.78 is 15.8. The van der Waals surface area contributed by atoms with E-state index in [2.05, 4.69) is 0 Å². The van der Waals surface area contributed by atoms with Crippen LogP contribution in [0.3, 0.4) is 0 Å². The number of aldehydes is 1. The molecule has 2 heterocycles. The molecule has 1 aromatic carbocycles. The molecular weight excluding hydrogens is 208 g/mol. The smallest absolute Gasteiger partial charge is 0.231 e. The second-order valence-corrected chi connectivity index (χ2v) is 4.29. The number of carbonyl (C=O) groups is 1. The summed E-state index contributed by atoms with van der Waals surface area (Å²) in [6, 6.07) is 3.82. The normalized spacial score (nSPS) is 20.3. The first-order chi connectivity index (χ1) is 7.75. The Morgan fingerprint density at radius 1 is 1.25 bits per heavy atom. The average Bonchev–Trinajstić information content (AvgIpc) is 2.64. The summed E-state index contributed by atoms with van der Waals surface area (Å²) in [4.78, 5) is 11.2. The Bertz CT molecular complexity index is 449. The summed E-state index contributed by atoms with van der Waals surface area (Å²) in [5.74, 6) is 1.47. The minimum atomic E-state index is -0.481. The van der Waals surface area contributed by atoms with Crippen LogP contribution in [0.4, 0.5) is 0 Å². The SMILES string of the molecule is Cc1cc2c(cc1C1(C=O)COC1)OCO2. The zero-order valence-corrected chi connectivity index (χ0v) is 8.99. The molecule has 2 aliphatic heterocycles. The summed E-state index contributed by atoms with van der Waals surface area (Å²) in [6.07, 6.45) is 0.973. The molecule has 2 aliphatic rings. The second-order valence-electron chi connectivity index (χ2n) is 4.29. The maximum absolute atomic E-state index is 11.2. The standard InChI is InChI=1S/C12H12O4/c1-8-2-10-11(16-7-15-10)3-9(8)12(4-13)5-14-6-12/h2-4H,5-7H2,1H3. The van der Waals surface area contributed by atoms with Gasteiger partial charge in [0, 0.05) is 0 Å². The van der Waals surface area contributed by atoms with Crippen molar-refractivity contribution in [2.24, 2.45) is 0 Å². The fourth-order valence-electron chi connectivity index (χ4n) is 2.19. The lowest BCUT2D eigenvalue weighted by Crippen LogP contribution is -2.48. The van der Waals surface area contributed by atoms with Gasteiger partial charge in [-0.25, -0.2) is 0 Å². The summed E-state index contributed by atoms with van der Waals surface area (Å²) >= 11 is 0. The van der Waals surface area contributed by atoms with Crippen LogP contribution >= 0.6 is 0 Å². The van der Waals surface area contributed by atoms with Gasteiger partial charge < -0.3 is 19.0 Å². The quantitative estimate of drug-likeness (QED) is 0.702. The highest BCUT2D eigenvalue weighted by atomic mass is 16.7. The molecule has 0 N–H and O–H groups in total. The lowest BCUT2D eigenvalue weighted by Gasteiger charge is -2.37. The minimum absolute atomic E-state index is 0.253. The van der Waals surface area contributed by atoms with Gasteiger partial charge in [-0.15, -0.1) is 0 Å². The van der Waals surface area contributed by atoms with Crippen LogP contribution in [0.25, 0.3) is 0 Å². The van der Waals surface area contributed by atoms with Crippen molar-refractivity contribution in [3.8, 4) is 11.5 Å². The van der Waals surface area contributed by atoms with Gasteiger partial charge in [0.25, 0.3) is 0 Å². The summed E-state index contributed by atoms with van der Waals surface area (Å²) in [6.45, 7) is 3.14. The first-order valence-electron chi connectivity index (χ1n) is 5.20. The van der Waals surface area contributed by atoms with E-state index in [0.717, 1.165) is 23.2 Å². The topological polar surface area (TPSA) is 44.8 Å². The highest BCUT2D eigenvalue weighted by Crippen LogP contribution is 2.40. The molecule has 4 nitrogen and oxygen atoms in total. The molecule has 0 bridgehead atoms. The number of carbonyl (C=O) groups excluding carboxylic acids is 1. The third kappa shape index (κ3) is 1.16. The van der Waals surface area contributed by atoms with Crippen molar-refractivity contribution in [3.63, 3.8) is 0 Å². The number of fused-ring (bicyclic) bond motifs is 1. The highest BCUT2D eigenvalue weighted by Gasteiger charge is 2.42. The van der Waals surface area contributed by atoms with Gasteiger partial charge in [-0.3, -0.25) is 0 Å². The van der Waals surface area contributed by atoms with Crippen molar-refractivity contribution < 1.29 is 19.0 Å². The number of hydrogen-bond acceptors (Lipinski definition) is 4. The number of benzene rings is 1. The Morgan fingerprint density at radius 2 is 1.94 bits per heavy atom. The van der Waals surface area contributed by atoms with Crippen LogP contribution in [0, 0.1) is 6.92 Å². The van der Waals surface area contributed by atoms with Crippen LogP contribution in [0.1, 0.15) is 11.1 Å². The lowest BCUT2D eigenvalue weighted by atomic mass is 9.78. The van der Waals surface area contributed by atoms with Crippen LogP contribution in [-0.4, -0.2) is 26.3 Å². The average molecular weight is 220 g/mol. The molecule has 0 aliphatic carbocycles. The number of hydrogen-bond donors (Lipinski definition) is 0. The Kier molecular flexibility index (Phi) is 1.94. The summed E-state index contributed by atoms with van der Waals surface area (Å²) in [7, 11) is 0. The van der Waals surface area contributed by atoms with Crippen molar-refractivity contribution in [3.05, 3.63) is 23.3 Å². The van der Waals surface area contributed by atoms with Crippen molar-refractivity contribution >= 4 is 6.29 Å². The van der Waals surface area contributed by atoms with Crippen molar-refractivity contribution in [2.75, 3.05) is 20.0 Å². The van der Waals surface area contributed by atoms with Gasteiger partial charge in [-0.1, -0.05) is 0 Å². The third-order valence-electron chi connectivity index (χ3n) is 3.20. The van der Waals surface area contributed by atoms with E-state index in [-0.39, 0.29) is 6.79 Å². The van der Waals surface area contributed by atoms with Crippen LogP contribution in [0.2, 0.25) is 0 Å². The van der Waals surface area contributed by atoms with Gasteiger partial charge >= 0.3 is 0 Å². The third-order valence-corrected chi connectivity index (χ3v) is 3.20. The Morgan fingerprint density at radius 3 is 2.50 bits per heavy atom. The van der Waals surface area contributed by atoms with E-state index in [1.54, 1.807) is 0 Å². The molecule has 16 heavy (non-hydrogen) atoms. The monoisotopic (exact) mass is 220 g/mol. The van der Waals surface area contributed by atoms with E-state index < -0.39 is 5.41 Å². The maximum atomic E-state index is 11.2. The minimum Gasteiger partial charge on any atom is -0.454 e. The summed E-state index contributed by atoms with van der Waals surface area (Å²) in [5, 5.41) is 0. The fourth-order valence-corrected chi connectivity index (χ4v) is 2.19. The second kappa shape index (κ2) is 3.22. The molecule has 0 spiro atoms. The van der Waals surface area contributed by atoms with Crippen molar-refractivity contribution in [1.29, 1.82) is 0 Å². The zero-order valence-electron chi connectivity index (χ0n) is 8.99. The lowest BCUT2D eigenvalue weighted by molar-refractivity contribution is -0.129. The van der Waals surface area contributed by atoms with Crippen LogP contribution < -0.4 is 9.47 Å². The highest BCUT2D eigenvalue weighted by molar-refractivity contribution is 5.72. The Hall–Kier alpha value is -1.55. The predicted molar refractivity (Wildman–Crippen MR) is 55.9 cm³/mol. The molecular formula is C12H12O4. The van der Waals surface area contributed by atoms with E-state index >= 15 is 0 Å². The van der Waals surface area contributed by atoms with Gasteiger partial charge in [-0.2, -0.15) is 0 Å². The van der Waals surface area contributed by atoms with Crippen LogP contribution in [-0.2, 0) is 14.9 Å². The van der Waals surface area contributed by atoms with E-state index in [0.29, 0.717) is 19.0 Å². The first kappa shape index (κ1) is 9.66. The van der Waals surface area contributed by atoms with Gasteiger partial charge in [0.05, 0.1) is 18.6 Å². The first-order valence-corrected chi connectivity index (χ1v) is 5.20. The van der Waals surface area contributed by atoms with Crippen LogP contribution in [0.5, 0.6) is 11.5 Å². The number of rotatable bonds is 2. The van der Waals surface area contributed by atoms with E-state index in [1.807, 2.05) is 19.1 Å². The molecule has 3 rings (SSSR count). The molecule has 0 atom stereocenters. The van der Waals surface area contributed by atoms with Crippen molar-refractivity contribution in [1.82, 2.24) is 0 Å². The number of aryl methyl sites for hydroxylation is 1. The molecule has 1 saturated heterocycles. The van der Waals surface area contributed by atoms with E-state index in [4.69, 9.17) is 14.2 Å². The zero-order chi connectivity index (χ0) is 11.2. The largest absolute Gasteiger partial charge is 0.454 e.